The van der Waals surface area contributed by atoms with E-state index in [0.29, 0.717) is 5.92 Å². The quantitative estimate of drug-likeness (QED) is 0.723. The van der Waals surface area contributed by atoms with E-state index in [1.165, 1.54) is 25.8 Å². The van der Waals surface area contributed by atoms with Gasteiger partial charge in [0.05, 0.1) is 0 Å². The summed E-state index contributed by atoms with van der Waals surface area (Å²) in [6.07, 6.45) is 4.09. The normalized spacial score (nSPS) is 27.9. The molecule has 2 atom stereocenters. The fourth-order valence-electron chi connectivity index (χ4n) is 2.52. The number of rotatable bonds is 3. The van der Waals surface area contributed by atoms with Crippen molar-refractivity contribution in [3.05, 3.63) is 0 Å². The highest BCUT2D eigenvalue weighted by Gasteiger charge is 2.28. The van der Waals surface area contributed by atoms with Gasteiger partial charge in [-0.1, -0.05) is 20.3 Å². The van der Waals surface area contributed by atoms with Gasteiger partial charge >= 0.3 is 0 Å². The standard InChI is InChI=1S/C11H24N2/c1-9(2)10(8-12)11-6-4-5-7-13(11)3/h9-11H,4-8,12H2,1-3H3. The third-order valence-electron chi connectivity index (χ3n) is 3.45. The van der Waals surface area contributed by atoms with Crippen LogP contribution >= 0.6 is 0 Å². The molecule has 0 saturated carbocycles. The van der Waals surface area contributed by atoms with Crippen molar-refractivity contribution in [2.45, 2.75) is 39.2 Å². The van der Waals surface area contributed by atoms with E-state index in [-0.39, 0.29) is 0 Å². The molecule has 0 bridgehead atoms. The van der Waals surface area contributed by atoms with Crippen molar-refractivity contribution in [1.82, 2.24) is 4.90 Å². The molecular formula is C11H24N2. The number of nitrogens with two attached hydrogens (primary N) is 1. The number of nitrogens with zero attached hydrogens (tertiary/aromatic N) is 1. The van der Waals surface area contributed by atoms with E-state index in [1.54, 1.807) is 0 Å². The summed E-state index contributed by atoms with van der Waals surface area (Å²) < 4.78 is 0. The molecule has 2 unspecified atom stereocenters. The molecule has 0 aromatic rings. The highest BCUT2D eigenvalue weighted by Crippen LogP contribution is 2.26. The molecule has 0 amide bonds. The molecule has 0 radical (unpaired) electrons. The third kappa shape index (κ3) is 2.68. The Kier molecular flexibility index (Phi) is 4.20. The number of piperidine rings is 1. The summed E-state index contributed by atoms with van der Waals surface area (Å²) in [5.41, 5.74) is 5.84. The van der Waals surface area contributed by atoms with Crippen LogP contribution in [0.15, 0.2) is 0 Å². The van der Waals surface area contributed by atoms with Crippen molar-refractivity contribution < 1.29 is 0 Å². The zero-order chi connectivity index (χ0) is 9.84. The first kappa shape index (κ1) is 11.0. The van der Waals surface area contributed by atoms with Gasteiger partial charge in [0, 0.05) is 6.04 Å². The zero-order valence-electron chi connectivity index (χ0n) is 9.29. The third-order valence-corrected chi connectivity index (χ3v) is 3.45. The summed E-state index contributed by atoms with van der Waals surface area (Å²) in [6, 6.07) is 0.735. The first-order chi connectivity index (χ1) is 6.16. The van der Waals surface area contributed by atoms with Crippen molar-refractivity contribution in [2.75, 3.05) is 20.1 Å². The van der Waals surface area contributed by atoms with Crippen LogP contribution in [0.3, 0.4) is 0 Å². The van der Waals surface area contributed by atoms with Crippen LogP contribution in [0.5, 0.6) is 0 Å². The molecule has 13 heavy (non-hydrogen) atoms. The zero-order valence-corrected chi connectivity index (χ0v) is 9.29. The summed E-state index contributed by atoms with van der Waals surface area (Å²) in [7, 11) is 2.24. The fourth-order valence-corrected chi connectivity index (χ4v) is 2.52. The Morgan fingerprint density at radius 1 is 1.38 bits per heavy atom. The number of likely N-dealkylation sites (tertiary alicyclic amines) is 1. The minimum atomic E-state index is 0.685. The molecule has 78 valence electrons. The average Bonchev–Trinajstić information content (AvgIpc) is 2.09. The Balaban J connectivity index is 2.55. The lowest BCUT2D eigenvalue weighted by Gasteiger charge is -2.39. The lowest BCUT2D eigenvalue weighted by atomic mass is 9.83. The predicted molar refractivity (Wildman–Crippen MR) is 57.7 cm³/mol. The summed E-state index contributed by atoms with van der Waals surface area (Å²) in [4.78, 5) is 2.50. The van der Waals surface area contributed by atoms with Gasteiger partial charge in [0.25, 0.3) is 0 Å². The molecule has 2 nitrogen and oxygen atoms in total. The van der Waals surface area contributed by atoms with Crippen LogP contribution in [-0.2, 0) is 0 Å². The van der Waals surface area contributed by atoms with Crippen molar-refractivity contribution in [1.29, 1.82) is 0 Å². The minimum absolute atomic E-state index is 0.685. The van der Waals surface area contributed by atoms with Gasteiger partial charge in [0.1, 0.15) is 0 Å². The van der Waals surface area contributed by atoms with Crippen LogP contribution in [0.4, 0.5) is 0 Å². The molecule has 1 rings (SSSR count). The van der Waals surface area contributed by atoms with Crippen LogP contribution < -0.4 is 5.73 Å². The molecule has 1 aliphatic heterocycles. The predicted octanol–water partition coefficient (Wildman–Crippen LogP) is 1.70. The van der Waals surface area contributed by atoms with Crippen LogP contribution in [0.2, 0.25) is 0 Å². The summed E-state index contributed by atoms with van der Waals surface area (Å²) in [5.74, 6) is 1.40. The summed E-state index contributed by atoms with van der Waals surface area (Å²) >= 11 is 0. The molecule has 1 fully saturated rings. The second-order valence-electron chi connectivity index (χ2n) is 4.69. The molecule has 0 aliphatic carbocycles. The van der Waals surface area contributed by atoms with Gasteiger partial charge in [0.2, 0.25) is 0 Å². The maximum atomic E-state index is 5.84. The van der Waals surface area contributed by atoms with Crippen molar-refractivity contribution >= 4 is 0 Å². The monoisotopic (exact) mass is 184 g/mol. The smallest absolute Gasteiger partial charge is 0.0135 e. The van der Waals surface area contributed by atoms with E-state index in [9.17, 15) is 0 Å². The van der Waals surface area contributed by atoms with E-state index in [0.717, 1.165) is 18.5 Å². The van der Waals surface area contributed by atoms with Crippen molar-refractivity contribution in [3.8, 4) is 0 Å². The molecule has 1 aliphatic rings. The average molecular weight is 184 g/mol. The second-order valence-corrected chi connectivity index (χ2v) is 4.69. The number of hydrogen-bond acceptors (Lipinski definition) is 2. The Bertz CT molecular complexity index is 145. The van der Waals surface area contributed by atoms with E-state index in [2.05, 4.69) is 25.8 Å². The number of hydrogen-bond donors (Lipinski definition) is 1. The molecular weight excluding hydrogens is 160 g/mol. The van der Waals surface area contributed by atoms with Gasteiger partial charge in [0.15, 0.2) is 0 Å². The van der Waals surface area contributed by atoms with Gasteiger partial charge in [-0.25, -0.2) is 0 Å². The molecule has 1 heterocycles. The maximum Gasteiger partial charge on any atom is 0.0135 e. The molecule has 0 aromatic carbocycles. The molecule has 2 heteroatoms. The van der Waals surface area contributed by atoms with Crippen LogP contribution in [-0.4, -0.2) is 31.1 Å². The van der Waals surface area contributed by atoms with E-state index < -0.39 is 0 Å². The van der Waals surface area contributed by atoms with Gasteiger partial charge in [-0.15, -0.1) is 0 Å². The van der Waals surface area contributed by atoms with E-state index in [4.69, 9.17) is 5.73 Å². The van der Waals surface area contributed by atoms with Gasteiger partial charge in [-0.3, -0.25) is 0 Å². The topological polar surface area (TPSA) is 29.3 Å². The highest BCUT2D eigenvalue weighted by molar-refractivity contribution is 4.83. The molecule has 2 N–H and O–H groups in total. The van der Waals surface area contributed by atoms with Crippen molar-refractivity contribution in [3.63, 3.8) is 0 Å². The first-order valence-corrected chi connectivity index (χ1v) is 5.57. The Morgan fingerprint density at radius 2 is 2.08 bits per heavy atom. The van der Waals surface area contributed by atoms with Gasteiger partial charge < -0.3 is 10.6 Å². The Morgan fingerprint density at radius 3 is 2.54 bits per heavy atom. The fraction of sp³-hybridized carbons (Fsp3) is 1.00. The van der Waals surface area contributed by atoms with Gasteiger partial charge in [-0.05, 0) is 44.8 Å². The first-order valence-electron chi connectivity index (χ1n) is 5.57. The summed E-state index contributed by atoms with van der Waals surface area (Å²) in [5, 5.41) is 0. The molecule has 0 spiro atoms. The lowest BCUT2D eigenvalue weighted by Crippen LogP contribution is -2.45. The second kappa shape index (κ2) is 4.97. The highest BCUT2D eigenvalue weighted by atomic mass is 15.1. The van der Waals surface area contributed by atoms with Gasteiger partial charge in [-0.2, -0.15) is 0 Å². The molecule has 0 aromatic heterocycles. The van der Waals surface area contributed by atoms with Crippen LogP contribution in [0.1, 0.15) is 33.1 Å². The SMILES string of the molecule is CC(C)C(CN)C1CCCCN1C. The summed E-state index contributed by atoms with van der Waals surface area (Å²) in [6.45, 7) is 6.68. The molecule has 1 saturated heterocycles. The Hall–Kier alpha value is -0.0800. The van der Waals surface area contributed by atoms with E-state index in [1.807, 2.05) is 0 Å². The van der Waals surface area contributed by atoms with E-state index >= 15 is 0 Å². The maximum absolute atomic E-state index is 5.84. The largest absolute Gasteiger partial charge is 0.330 e. The Labute approximate surface area is 82.5 Å². The lowest BCUT2D eigenvalue weighted by molar-refractivity contribution is 0.108. The van der Waals surface area contributed by atoms with Crippen LogP contribution in [0, 0.1) is 11.8 Å². The minimum Gasteiger partial charge on any atom is -0.330 e. The van der Waals surface area contributed by atoms with Crippen molar-refractivity contribution in [2.24, 2.45) is 17.6 Å². The van der Waals surface area contributed by atoms with Crippen LogP contribution in [0.25, 0.3) is 0 Å².